The van der Waals surface area contributed by atoms with Gasteiger partial charge in [0.2, 0.25) is 0 Å². The summed E-state index contributed by atoms with van der Waals surface area (Å²) in [5.41, 5.74) is 5.18. The first-order valence-corrected chi connectivity index (χ1v) is 14.4. The highest BCUT2D eigenvalue weighted by atomic mass is 16.5. The summed E-state index contributed by atoms with van der Waals surface area (Å²) in [6.07, 6.45) is 12.5. The summed E-state index contributed by atoms with van der Waals surface area (Å²) in [4.78, 5) is 0. The van der Waals surface area contributed by atoms with Gasteiger partial charge in [-0.3, -0.25) is 0 Å². The van der Waals surface area contributed by atoms with Crippen molar-refractivity contribution in [2.75, 3.05) is 7.11 Å². The number of methoxy groups -OCH3 is 1. The molecule has 216 valence electrons. The number of aliphatic hydroxyl groups excluding tert-OH is 1. The highest BCUT2D eigenvalue weighted by molar-refractivity contribution is 5.73. The van der Waals surface area contributed by atoms with Gasteiger partial charge in [0.1, 0.15) is 17.1 Å². The topological polar surface area (TPSA) is 79.2 Å². The van der Waals surface area contributed by atoms with Crippen molar-refractivity contribution >= 4 is 12.2 Å². The van der Waals surface area contributed by atoms with Gasteiger partial charge >= 0.3 is 0 Å². The van der Waals surface area contributed by atoms with Crippen LogP contribution < -0.4 is 9.47 Å². The number of benzene rings is 2. The third-order valence-corrected chi connectivity index (χ3v) is 8.98. The van der Waals surface area contributed by atoms with Gasteiger partial charge in [0.25, 0.3) is 0 Å². The molecule has 1 aliphatic carbocycles. The predicted octanol–water partition coefficient (Wildman–Crippen LogP) is 8.00. The molecule has 1 heterocycles. The highest BCUT2D eigenvalue weighted by Crippen LogP contribution is 2.55. The third-order valence-electron chi connectivity index (χ3n) is 8.98. The molecule has 0 bridgehead atoms. The van der Waals surface area contributed by atoms with Gasteiger partial charge in [-0.15, -0.1) is 0 Å². The monoisotopic (exact) mass is 546 g/mol. The molecule has 3 N–H and O–H groups in total. The first-order valence-electron chi connectivity index (χ1n) is 14.4. The van der Waals surface area contributed by atoms with Gasteiger partial charge in [0.15, 0.2) is 11.5 Å². The summed E-state index contributed by atoms with van der Waals surface area (Å²) >= 11 is 0. The highest BCUT2D eigenvalue weighted by Gasteiger charge is 2.54. The van der Waals surface area contributed by atoms with Crippen LogP contribution in [0.15, 0.2) is 47.6 Å². The van der Waals surface area contributed by atoms with E-state index < -0.39 is 0 Å². The molecule has 0 amide bonds. The second-order valence-corrected chi connectivity index (χ2v) is 12.7. The van der Waals surface area contributed by atoms with Crippen LogP contribution in [-0.4, -0.2) is 34.1 Å². The summed E-state index contributed by atoms with van der Waals surface area (Å²) in [6.45, 7) is 12.7. The van der Waals surface area contributed by atoms with Crippen molar-refractivity contribution in [2.45, 2.75) is 91.8 Å². The number of hydrogen-bond donors (Lipinski definition) is 3. The molecule has 1 fully saturated rings. The van der Waals surface area contributed by atoms with Crippen LogP contribution in [0.5, 0.6) is 23.0 Å². The maximum Gasteiger partial charge on any atom is 0.165 e. The molecule has 0 aromatic heterocycles. The Morgan fingerprint density at radius 1 is 1.00 bits per heavy atom. The first-order chi connectivity index (χ1) is 18.8. The van der Waals surface area contributed by atoms with Crippen molar-refractivity contribution in [3.63, 3.8) is 0 Å². The number of ether oxygens (including phenoxy) is 2. The van der Waals surface area contributed by atoms with Crippen molar-refractivity contribution in [3.05, 3.63) is 69.8 Å². The Hall–Kier alpha value is -3.18. The van der Waals surface area contributed by atoms with E-state index in [0.717, 1.165) is 49.0 Å². The van der Waals surface area contributed by atoms with Crippen LogP contribution in [0.2, 0.25) is 0 Å². The fraction of sp³-hybridized carbons (Fsp3) is 0.486. The number of aliphatic hydroxyl groups is 1. The second-order valence-electron chi connectivity index (χ2n) is 12.7. The Morgan fingerprint density at radius 2 is 1.65 bits per heavy atom. The van der Waals surface area contributed by atoms with Crippen molar-refractivity contribution in [1.29, 1.82) is 0 Å². The molecule has 40 heavy (non-hydrogen) atoms. The van der Waals surface area contributed by atoms with E-state index in [1.807, 2.05) is 18.2 Å². The Balaban J connectivity index is 1.55. The molecule has 0 radical (unpaired) electrons. The second kappa shape index (κ2) is 11.7. The molecule has 2 aromatic rings. The maximum absolute atomic E-state index is 10.7. The minimum Gasteiger partial charge on any atom is -0.507 e. The minimum absolute atomic E-state index is 0.0850. The zero-order valence-corrected chi connectivity index (χ0v) is 25.2. The van der Waals surface area contributed by atoms with Gasteiger partial charge in [-0.05, 0) is 113 Å². The average molecular weight is 547 g/mol. The first kappa shape index (κ1) is 29.8. The summed E-state index contributed by atoms with van der Waals surface area (Å²) in [5.74, 6) is 1.82. The van der Waals surface area contributed by atoms with E-state index in [-0.39, 0.29) is 34.5 Å². The number of phenolic OH excluding ortho intramolecular Hbond substituents is 2. The minimum atomic E-state index is -0.356. The Kier molecular flexibility index (Phi) is 8.75. The number of hydrogen-bond acceptors (Lipinski definition) is 5. The van der Waals surface area contributed by atoms with Crippen LogP contribution in [0.25, 0.3) is 12.2 Å². The molecule has 0 unspecified atom stereocenters. The van der Waals surface area contributed by atoms with E-state index >= 15 is 0 Å². The van der Waals surface area contributed by atoms with Gasteiger partial charge in [0, 0.05) is 11.5 Å². The van der Waals surface area contributed by atoms with Crippen molar-refractivity contribution in [2.24, 2.45) is 11.3 Å². The number of fused-ring (bicyclic) bond motifs is 2. The van der Waals surface area contributed by atoms with Crippen molar-refractivity contribution in [3.8, 4) is 23.0 Å². The lowest BCUT2D eigenvalue weighted by Crippen LogP contribution is -2.58. The lowest BCUT2D eigenvalue weighted by Gasteiger charge is -2.55. The number of phenols is 2. The van der Waals surface area contributed by atoms with Crippen LogP contribution in [0, 0.1) is 11.3 Å². The molecular weight excluding hydrogens is 500 g/mol. The Bertz CT molecular complexity index is 1300. The lowest BCUT2D eigenvalue weighted by atomic mass is 9.57. The van der Waals surface area contributed by atoms with Gasteiger partial charge in [-0.2, -0.15) is 0 Å². The molecule has 5 nitrogen and oxygen atoms in total. The maximum atomic E-state index is 10.7. The third kappa shape index (κ3) is 6.25. The zero-order chi connectivity index (χ0) is 29.2. The molecule has 2 aromatic carbocycles. The quantitative estimate of drug-likeness (QED) is 0.231. The summed E-state index contributed by atoms with van der Waals surface area (Å²) in [6, 6.07) is 7.45. The standard InChI is InChI=1S/C35H46O5/c1-22(2)9-8-10-23(3)11-14-27-28(36)18-25(19-29(27)37)13-12-24-17-26-21-31-34(4,5)32(38)15-16-35(31,6)40-33(26)30(20-24)39-7/h9,11-13,17-20,31-32,36-38H,8,10,14-16,21H2,1-7H3/b13-12-,23-11+/t31-,32-,35-/m1/s1. The van der Waals surface area contributed by atoms with Gasteiger partial charge in [0.05, 0.1) is 13.2 Å². The van der Waals surface area contributed by atoms with Gasteiger partial charge < -0.3 is 24.8 Å². The molecular formula is C35H46O5. The van der Waals surface area contributed by atoms with Crippen LogP contribution in [0.4, 0.5) is 0 Å². The van der Waals surface area contributed by atoms with Crippen LogP contribution in [0.1, 0.15) is 89.5 Å². The van der Waals surface area contributed by atoms with Gasteiger partial charge in [-0.1, -0.05) is 49.3 Å². The fourth-order valence-corrected chi connectivity index (χ4v) is 6.37. The Labute approximate surface area is 239 Å². The summed E-state index contributed by atoms with van der Waals surface area (Å²) < 4.78 is 12.4. The van der Waals surface area contributed by atoms with E-state index in [0.29, 0.717) is 23.3 Å². The lowest BCUT2D eigenvalue weighted by molar-refractivity contribution is -0.138. The van der Waals surface area contributed by atoms with Crippen LogP contribution in [0.3, 0.4) is 0 Å². The number of rotatable bonds is 8. The SMILES string of the molecule is COc1cc(/C=C\c2cc(O)c(C/C=C(\C)CCC=C(C)C)c(O)c2)cc2c1O[C@]1(C)CC[C@@H](O)C(C)(C)[C@H]1C2. The Morgan fingerprint density at radius 3 is 2.27 bits per heavy atom. The summed E-state index contributed by atoms with van der Waals surface area (Å²) in [7, 11) is 1.65. The molecule has 3 atom stereocenters. The summed E-state index contributed by atoms with van der Waals surface area (Å²) in [5, 5.41) is 32.1. The molecule has 1 saturated carbocycles. The largest absolute Gasteiger partial charge is 0.507 e. The van der Waals surface area contributed by atoms with E-state index in [1.54, 1.807) is 19.2 Å². The molecule has 1 aliphatic heterocycles. The molecule has 2 aliphatic rings. The van der Waals surface area contributed by atoms with Crippen molar-refractivity contribution < 1.29 is 24.8 Å². The zero-order valence-electron chi connectivity index (χ0n) is 25.2. The van der Waals surface area contributed by atoms with E-state index in [4.69, 9.17) is 9.47 Å². The van der Waals surface area contributed by atoms with E-state index in [9.17, 15) is 15.3 Å². The predicted molar refractivity (Wildman–Crippen MR) is 163 cm³/mol. The van der Waals surface area contributed by atoms with E-state index in [2.05, 4.69) is 59.8 Å². The molecule has 5 heteroatoms. The van der Waals surface area contributed by atoms with Gasteiger partial charge in [-0.25, -0.2) is 0 Å². The molecule has 0 spiro atoms. The number of allylic oxidation sites excluding steroid dienone is 4. The average Bonchev–Trinajstić information content (AvgIpc) is 2.88. The van der Waals surface area contributed by atoms with E-state index in [1.165, 1.54) is 11.1 Å². The number of aromatic hydroxyl groups is 2. The van der Waals surface area contributed by atoms with Crippen molar-refractivity contribution in [1.82, 2.24) is 0 Å². The molecule has 4 rings (SSSR count). The smallest absolute Gasteiger partial charge is 0.165 e. The fourth-order valence-electron chi connectivity index (χ4n) is 6.37. The molecule has 0 saturated heterocycles. The van der Waals surface area contributed by atoms with Crippen LogP contribution in [-0.2, 0) is 12.8 Å². The van der Waals surface area contributed by atoms with Crippen LogP contribution >= 0.6 is 0 Å². The normalized spacial score (nSPS) is 23.8.